The van der Waals surface area contributed by atoms with Crippen molar-refractivity contribution in [3.05, 3.63) is 87.1 Å². The van der Waals surface area contributed by atoms with E-state index in [0.29, 0.717) is 24.4 Å². The lowest BCUT2D eigenvalue weighted by molar-refractivity contribution is -0.384. The van der Waals surface area contributed by atoms with Gasteiger partial charge >= 0.3 is 11.9 Å². The minimum atomic E-state index is -1.15. The van der Waals surface area contributed by atoms with E-state index in [0.717, 1.165) is 5.56 Å². The van der Waals surface area contributed by atoms with Crippen molar-refractivity contribution in [2.75, 3.05) is 40.0 Å². The summed E-state index contributed by atoms with van der Waals surface area (Å²) in [6.45, 7) is 8.72. The van der Waals surface area contributed by atoms with Gasteiger partial charge in [0, 0.05) is 50.1 Å². The average Bonchev–Trinajstić information content (AvgIpc) is 2.97. The summed E-state index contributed by atoms with van der Waals surface area (Å²) < 4.78 is 22.7. The van der Waals surface area contributed by atoms with Crippen LogP contribution in [0.15, 0.2) is 70.9 Å². The molecule has 0 aromatic heterocycles. The molecule has 11 heteroatoms. The first-order valence-corrected chi connectivity index (χ1v) is 14.0. The highest BCUT2D eigenvalue weighted by Gasteiger charge is 2.47. The Hall–Kier alpha value is -3.93. The molecule has 0 aliphatic carbocycles. The van der Waals surface area contributed by atoms with Gasteiger partial charge in [0.2, 0.25) is 0 Å². The number of esters is 2. The highest BCUT2D eigenvalue weighted by Crippen LogP contribution is 2.42. The van der Waals surface area contributed by atoms with E-state index >= 15 is 0 Å². The molecule has 2 unspecified atom stereocenters. The number of nitrogens with zero attached hydrogens (tertiary/aromatic N) is 3. The number of nitro benzene ring substituents is 1. The number of allylic oxidation sites excluding steroid dienone is 1. The maximum Gasteiger partial charge on any atom is 0.336 e. The number of carbonyl (C=O) groups excluding carboxylic acids is 2. The molecule has 3 rings (SSSR count). The second-order valence-electron chi connectivity index (χ2n) is 9.70. The second-order valence-corrected chi connectivity index (χ2v) is 9.70. The molecule has 0 radical (unpaired) electrons. The Balaban J connectivity index is 2.02. The van der Waals surface area contributed by atoms with Crippen LogP contribution in [-0.2, 0) is 35.1 Å². The Morgan fingerprint density at radius 3 is 2.31 bits per heavy atom. The number of non-ortho nitro benzene ring substituents is 1. The molecule has 42 heavy (non-hydrogen) atoms. The Kier molecular flexibility index (Phi) is 12.3. The van der Waals surface area contributed by atoms with Gasteiger partial charge in [0.05, 0.1) is 22.8 Å². The lowest BCUT2D eigenvalue weighted by Crippen LogP contribution is -2.44. The maximum atomic E-state index is 13.7. The number of nitro groups is 1. The van der Waals surface area contributed by atoms with Crippen molar-refractivity contribution >= 4 is 23.3 Å². The van der Waals surface area contributed by atoms with E-state index in [1.54, 1.807) is 33.8 Å². The van der Waals surface area contributed by atoms with Crippen LogP contribution in [0, 0.1) is 16.0 Å². The topological polar surface area (TPSA) is 130 Å². The van der Waals surface area contributed by atoms with Crippen LogP contribution in [0.5, 0.6) is 0 Å². The maximum absolute atomic E-state index is 13.7. The molecule has 0 fully saturated rings. The molecule has 1 heterocycles. The molecule has 0 amide bonds. The van der Waals surface area contributed by atoms with Gasteiger partial charge in [-0.05, 0) is 45.9 Å². The molecule has 0 saturated carbocycles. The molecular weight excluding hydrogens is 542 g/mol. The summed E-state index contributed by atoms with van der Waals surface area (Å²) in [5.41, 5.74) is 1.96. The Morgan fingerprint density at radius 2 is 1.69 bits per heavy atom. The fourth-order valence-corrected chi connectivity index (χ4v) is 4.91. The lowest BCUT2D eigenvalue weighted by Gasteiger charge is -2.35. The first kappa shape index (κ1) is 32.6. The van der Waals surface area contributed by atoms with Crippen molar-refractivity contribution in [1.82, 2.24) is 4.90 Å². The van der Waals surface area contributed by atoms with Crippen LogP contribution in [0.2, 0.25) is 0 Å². The van der Waals surface area contributed by atoms with E-state index in [1.165, 1.54) is 18.2 Å². The van der Waals surface area contributed by atoms with E-state index in [-0.39, 0.29) is 43.4 Å². The highest BCUT2D eigenvalue weighted by atomic mass is 16.7. The summed E-state index contributed by atoms with van der Waals surface area (Å²) >= 11 is 0. The van der Waals surface area contributed by atoms with E-state index in [1.807, 2.05) is 42.3 Å². The number of benzene rings is 2. The van der Waals surface area contributed by atoms with Crippen LogP contribution in [0.25, 0.3) is 0 Å². The predicted octanol–water partition coefficient (Wildman–Crippen LogP) is 4.66. The zero-order valence-electron chi connectivity index (χ0n) is 24.8. The third-order valence-electron chi connectivity index (χ3n) is 6.73. The number of hydrogen-bond acceptors (Lipinski definition) is 10. The Labute approximate surface area is 246 Å². The fraction of sp³-hybridized carbons (Fsp3) is 0.452. The first-order chi connectivity index (χ1) is 20.2. The van der Waals surface area contributed by atoms with Gasteiger partial charge in [0.1, 0.15) is 12.5 Å². The summed E-state index contributed by atoms with van der Waals surface area (Å²) in [6.07, 6.45) is -0.991. The number of ether oxygens (including phenoxy) is 4. The molecule has 0 bridgehead atoms. The van der Waals surface area contributed by atoms with Crippen LogP contribution in [0.3, 0.4) is 0 Å². The summed E-state index contributed by atoms with van der Waals surface area (Å²) in [5, 5.41) is 11.7. The van der Waals surface area contributed by atoms with Crippen LogP contribution >= 0.6 is 0 Å². The van der Waals surface area contributed by atoms with Gasteiger partial charge in [-0.3, -0.25) is 24.8 Å². The van der Waals surface area contributed by atoms with Gasteiger partial charge in [0.25, 0.3) is 5.69 Å². The molecular formula is C31H39N3O8. The Morgan fingerprint density at radius 1 is 1.00 bits per heavy atom. The molecule has 2 aromatic rings. The summed E-state index contributed by atoms with van der Waals surface area (Å²) in [4.78, 5) is 45.0. The van der Waals surface area contributed by atoms with E-state index < -0.39 is 35.0 Å². The molecule has 11 nitrogen and oxygen atoms in total. The molecule has 226 valence electrons. The number of rotatable bonds is 15. The second kappa shape index (κ2) is 15.9. The monoisotopic (exact) mass is 581 g/mol. The van der Waals surface area contributed by atoms with Gasteiger partial charge in [-0.15, -0.1) is 0 Å². The van der Waals surface area contributed by atoms with Gasteiger partial charge in [-0.1, -0.05) is 42.5 Å². The number of hydrogen-bond donors (Lipinski definition) is 0. The van der Waals surface area contributed by atoms with Crippen LogP contribution < -0.4 is 0 Å². The Bertz CT molecular complexity index is 1290. The molecule has 0 N–H and O–H groups in total. The standard InChI is InChI=1S/C31H39N3O8/c1-6-39-30(36)27-26(23-15-12-16-24(19-23)34(37)38)25(21(4)32-28(27)31(40-7-2)41-8-3)29(35)42-18-17-33(5)20-22-13-10-9-11-14-22/h9-16,19,26-27,31H,6-8,17-18,20H2,1-5H3. The highest BCUT2D eigenvalue weighted by molar-refractivity contribution is 6.09. The van der Waals surface area contributed by atoms with Crippen molar-refractivity contribution in [3.63, 3.8) is 0 Å². The van der Waals surface area contributed by atoms with E-state index in [9.17, 15) is 19.7 Å². The summed E-state index contributed by atoms with van der Waals surface area (Å²) in [7, 11) is 1.92. The van der Waals surface area contributed by atoms with Crippen LogP contribution in [-0.4, -0.2) is 73.8 Å². The van der Waals surface area contributed by atoms with Gasteiger partial charge < -0.3 is 18.9 Å². The van der Waals surface area contributed by atoms with Gasteiger partial charge in [-0.25, -0.2) is 4.79 Å². The van der Waals surface area contributed by atoms with E-state index in [4.69, 9.17) is 18.9 Å². The summed E-state index contributed by atoms with van der Waals surface area (Å²) in [5.74, 6) is -3.47. The average molecular weight is 582 g/mol. The third kappa shape index (κ3) is 8.31. The molecule has 1 aliphatic rings. The lowest BCUT2D eigenvalue weighted by atomic mass is 9.75. The molecule has 2 aromatic carbocycles. The van der Waals surface area contributed by atoms with Crippen molar-refractivity contribution in [2.45, 2.75) is 46.4 Å². The SMILES string of the molecule is CCOC(=O)C1C(C(OCC)OCC)=NC(C)=C(C(=O)OCCN(C)Cc2ccccc2)C1c1cccc([N+](=O)[O-])c1. The molecule has 2 atom stereocenters. The number of likely N-dealkylation sites (N-methyl/N-ethyl adjacent to an activating group) is 1. The third-order valence-corrected chi connectivity index (χ3v) is 6.73. The normalized spacial score (nSPS) is 16.9. The number of carbonyl (C=O) groups is 2. The zero-order chi connectivity index (χ0) is 30.6. The minimum Gasteiger partial charge on any atom is -0.465 e. The van der Waals surface area contributed by atoms with Crippen molar-refractivity contribution in [1.29, 1.82) is 0 Å². The minimum absolute atomic E-state index is 0.0778. The molecule has 0 saturated heterocycles. The predicted molar refractivity (Wildman–Crippen MR) is 157 cm³/mol. The first-order valence-electron chi connectivity index (χ1n) is 14.0. The number of aliphatic imine (C=N–C) groups is 1. The fourth-order valence-electron chi connectivity index (χ4n) is 4.91. The van der Waals surface area contributed by atoms with E-state index in [2.05, 4.69) is 4.99 Å². The van der Waals surface area contributed by atoms with Crippen molar-refractivity contribution in [3.8, 4) is 0 Å². The smallest absolute Gasteiger partial charge is 0.336 e. The largest absolute Gasteiger partial charge is 0.465 e. The van der Waals surface area contributed by atoms with Crippen molar-refractivity contribution < 1.29 is 33.5 Å². The molecule has 0 spiro atoms. The van der Waals surface area contributed by atoms with Crippen LogP contribution in [0.4, 0.5) is 5.69 Å². The zero-order valence-corrected chi connectivity index (χ0v) is 24.8. The van der Waals surface area contributed by atoms with Gasteiger partial charge in [0.15, 0.2) is 6.29 Å². The van der Waals surface area contributed by atoms with Crippen LogP contribution in [0.1, 0.15) is 44.7 Å². The summed E-state index contributed by atoms with van der Waals surface area (Å²) in [6, 6.07) is 15.8. The van der Waals surface area contributed by atoms with Crippen molar-refractivity contribution in [2.24, 2.45) is 10.9 Å². The molecule has 1 aliphatic heterocycles. The van der Waals surface area contributed by atoms with Gasteiger partial charge in [-0.2, -0.15) is 0 Å². The quantitative estimate of drug-likeness (QED) is 0.128.